The van der Waals surface area contributed by atoms with Gasteiger partial charge in [-0.3, -0.25) is 4.79 Å². The quantitative estimate of drug-likeness (QED) is 0.441. The number of aromatic hydroxyl groups is 1. The van der Waals surface area contributed by atoms with Crippen LogP contribution in [0.3, 0.4) is 0 Å². The van der Waals surface area contributed by atoms with E-state index in [1.807, 2.05) is 30.3 Å². The maximum absolute atomic E-state index is 13.2. The van der Waals surface area contributed by atoms with Gasteiger partial charge in [0.05, 0.1) is 28.1 Å². The van der Waals surface area contributed by atoms with Gasteiger partial charge in [-0.25, -0.2) is 0 Å². The highest BCUT2D eigenvalue weighted by Crippen LogP contribution is 2.46. The second-order valence-corrected chi connectivity index (χ2v) is 9.30. The summed E-state index contributed by atoms with van der Waals surface area (Å²) in [5.41, 5.74) is 4.43. The van der Waals surface area contributed by atoms with Crippen LogP contribution >= 0.6 is 35.0 Å². The van der Waals surface area contributed by atoms with Crippen molar-refractivity contribution in [1.82, 2.24) is 0 Å². The fraction of sp³-hybridized carbons (Fsp3) is 0.318. The van der Waals surface area contributed by atoms with E-state index < -0.39 is 0 Å². The molecule has 4 rings (SSSR count). The zero-order valence-corrected chi connectivity index (χ0v) is 19.5. The number of phenols is 1. The Bertz CT molecular complexity index is 1000. The molecule has 1 aliphatic heterocycles. The van der Waals surface area contributed by atoms with Crippen LogP contribution in [0.15, 0.2) is 47.7 Å². The van der Waals surface area contributed by atoms with E-state index in [0.717, 1.165) is 34.6 Å². The van der Waals surface area contributed by atoms with Gasteiger partial charge in [-0.15, -0.1) is 12.4 Å². The third-order valence-corrected chi connectivity index (χ3v) is 6.15. The molecule has 2 aromatic carbocycles. The molecule has 154 valence electrons. The molecule has 0 radical (unpaired) electrons. The Hall–Kier alpha value is -1.93. The topological polar surface area (TPSA) is 70.6 Å². The highest BCUT2D eigenvalue weighted by atomic mass is 127. The largest absolute Gasteiger partial charge is 0.504 e. The first-order chi connectivity index (χ1) is 13.3. The monoisotopic (exact) mass is 526 g/mol. The fourth-order valence-corrected chi connectivity index (χ4v) is 4.68. The molecule has 1 aliphatic carbocycles. The molecule has 0 fully saturated rings. The molecule has 5 nitrogen and oxygen atoms in total. The third kappa shape index (κ3) is 4.05. The summed E-state index contributed by atoms with van der Waals surface area (Å²) in [5.74, 6) is 0.662. The van der Waals surface area contributed by atoms with Crippen LogP contribution in [0.5, 0.6) is 11.5 Å². The Balaban J connectivity index is 0.00000240. The molecule has 0 saturated carbocycles. The highest BCUT2D eigenvalue weighted by molar-refractivity contribution is 14.1. The summed E-state index contributed by atoms with van der Waals surface area (Å²) in [6.45, 7) is 4.25. The second kappa shape index (κ2) is 8.07. The number of benzene rings is 2. The molecule has 1 unspecified atom stereocenters. The lowest BCUT2D eigenvalue weighted by Crippen LogP contribution is -2.31. The molecule has 1 atom stereocenters. The van der Waals surface area contributed by atoms with Gasteiger partial charge >= 0.3 is 0 Å². The van der Waals surface area contributed by atoms with Gasteiger partial charge in [-0.2, -0.15) is 0 Å². The number of Topliss-reactive ketones (excluding diaryl/α,β-unsaturated/α-hetero) is 1. The van der Waals surface area contributed by atoms with Crippen molar-refractivity contribution in [3.05, 3.63) is 56.8 Å². The maximum atomic E-state index is 13.2. The molecule has 7 heteroatoms. The van der Waals surface area contributed by atoms with Crippen molar-refractivity contribution in [1.29, 1.82) is 0 Å². The minimum absolute atomic E-state index is 0. The van der Waals surface area contributed by atoms with E-state index in [4.69, 9.17) is 4.74 Å². The lowest BCUT2D eigenvalue weighted by molar-refractivity contribution is -0.118. The number of methoxy groups -OCH3 is 1. The van der Waals surface area contributed by atoms with Gasteiger partial charge in [0.1, 0.15) is 0 Å². The van der Waals surface area contributed by atoms with Gasteiger partial charge < -0.3 is 20.5 Å². The minimum Gasteiger partial charge on any atom is -0.504 e. The average molecular weight is 527 g/mol. The Kier molecular flexibility index (Phi) is 6.06. The number of hydrogen-bond donors (Lipinski definition) is 3. The first kappa shape index (κ1) is 21.8. The van der Waals surface area contributed by atoms with Crippen molar-refractivity contribution >= 4 is 52.2 Å². The molecule has 2 aromatic rings. The minimum atomic E-state index is -0.322. The van der Waals surface area contributed by atoms with E-state index in [-0.39, 0.29) is 35.4 Å². The highest BCUT2D eigenvalue weighted by Gasteiger charge is 2.39. The standard InChI is InChI=1S/C22H23IN2O3.ClH/c1-22(2)10-16-19(17(26)11-22)20(25-15-7-5-4-6-14(15)24-16)12-8-13(23)21(27)18(9-12)28-3;/h4-9,20,24-25,27H,10-11H2,1-3H3;1H. The van der Waals surface area contributed by atoms with Crippen LogP contribution in [-0.4, -0.2) is 18.0 Å². The number of ketones is 1. The number of carbonyl (C=O) groups excluding carboxylic acids is 1. The smallest absolute Gasteiger partial charge is 0.171 e. The van der Waals surface area contributed by atoms with Gasteiger partial charge in [0, 0.05) is 17.7 Å². The third-order valence-electron chi connectivity index (χ3n) is 5.33. The molecule has 0 spiro atoms. The zero-order valence-electron chi connectivity index (χ0n) is 16.5. The Labute approximate surface area is 190 Å². The molecule has 1 heterocycles. The number of nitrogens with one attached hydrogen (secondary N) is 2. The lowest BCUT2D eigenvalue weighted by Gasteiger charge is -2.34. The van der Waals surface area contributed by atoms with Gasteiger partial charge in [-0.05, 0) is 64.3 Å². The van der Waals surface area contributed by atoms with Crippen LogP contribution in [0.4, 0.5) is 11.4 Å². The number of anilines is 2. The summed E-state index contributed by atoms with van der Waals surface area (Å²) in [6.07, 6.45) is 1.31. The molecule has 2 aliphatic rings. The van der Waals surface area contributed by atoms with Crippen LogP contribution in [0.25, 0.3) is 0 Å². The number of halogens is 2. The Morgan fingerprint density at radius 3 is 2.55 bits per heavy atom. The van der Waals surface area contributed by atoms with Gasteiger partial charge in [0.2, 0.25) is 0 Å². The molecule has 29 heavy (non-hydrogen) atoms. The summed E-state index contributed by atoms with van der Waals surface area (Å²) in [4.78, 5) is 13.2. The van der Waals surface area contributed by atoms with Crippen molar-refractivity contribution < 1.29 is 14.6 Å². The summed E-state index contributed by atoms with van der Waals surface area (Å²) >= 11 is 2.09. The Morgan fingerprint density at radius 1 is 1.17 bits per heavy atom. The van der Waals surface area contributed by atoms with Crippen LogP contribution in [0.2, 0.25) is 0 Å². The van der Waals surface area contributed by atoms with Crippen molar-refractivity contribution in [2.75, 3.05) is 17.7 Å². The molecule has 3 N–H and O–H groups in total. The van der Waals surface area contributed by atoms with E-state index in [2.05, 4.69) is 47.1 Å². The predicted octanol–water partition coefficient (Wildman–Crippen LogP) is 5.65. The molecular formula is C22H24ClIN2O3. The number of carbonyl (C=O) groups is 1. The molecule has 0 saturated heterocycles. The zero-order chi connectivity index (χ0) is 20.1. The van der Waals surface area contributed by atoms with Crippen molar-refractivity contribution in [2.45, 2.75) is 32.7 Å². The summed E-state index contributed by atoms with van der Waals surface area (Å²) in [6, 6.07) is 11.4. The molecule has 0 amide bonds. The van der Waals surface area contributed by atoms with Crippen LogP contribution in [0, 0.1) is 8.99 Å². The summed E-state index contributed by atoms with van der Waals surface area (Å²) in [7, 11) is 1.53. The number of hydrogen-bond acceptors (Lipinski definition) is 5. The van der Waals surface area contributed by atoms with E-state index in [1.54, 1.807) is 6.07 Å². The van der Waals surface area contributed by atoms with Crippen LogP contribution in [-0.2, 0) is 4.79 Å². The summed E-state index contributed by atoms with van der Waals surface area (Å²) in [5, 5.41) is 17.3. The van der Waals surface area contributed by atoms with Crippen molar-refractivity contribution in [2.24, 2.45) is 5.41 Å². The first-order valence-electron chi connectivity index (χ1n) is 9.24. The molecular weight excluding hydrogens is 503 g/mol. The Morgan fingerprint density at radius 2 is 1.86 bits per heavy atom. The number of phenolic OH excluding ortho intramolecular Hbond substituents is 1. The van der Waals surface area contributed by atoms with E-state index in [9.17, 15) is 9.90 Å². The van der Waals surface area contributed by atoms with Gasteiger partial charge in [0.25, 0.3) is 0 Å². The van der Waals surface area contributed by atoms with Crippen LogP contribution in [0.1, 0.15) is 38.3 Å². The number of fused-ring (bicyclic) bond motifs is 1. The predicted molar refractivity (Wildman–Crippen MR) is 126 cm³/mol. The van der Waals surface area contributed by atoms with E-state index in [0.29, 0.717) is 15.7 Å². The molecule has 0 aromatic heterocycles. The maximum Gasteiger partial charge on any atom is 0.171 e. The van der Waals surface area contributed by atoms with E-state index >= 15 is 0 Å². The van der Waals surface area contributed by atoms with E-state index in [1.165, 1.54) is 7.11 Å². The van der Waals surface area contributed by atoms with Crippen molar-refractivity contribution in [3.8, 4) is 11.5 Å². The van der Waals surface area contributed by atoms with Gasteiger partial charge in [0.15, 0.2) is 17.3 Å². The number of ether oxygens (including phenoxy) is 1. The SMILES string of the molecule is COc1cc(C2Nc3ccccc3NC3=C2C(=O)CC(C)(C)C3)cc(I)c1O.Cl. The number of allylic oxidation sites excluding steroid dienone is 1. The van der Waals surface area contributed by atoms with Crippen molar-refractivity contribution in [3.63, 3.8) is 0 Å². The van der Waals surface area contributed by atoms with Gasteiger partial charge in [-0.1, -0.05) is 26.0 Å². The number of para-hydroxylation sites is 2. The number of rotatable bonds is 2. The fourth-order valence-electron chi connectivity index (χ4n) is 4.06. The summed E-state index contributed by atoms with van der Waals surface area (Å²) < 4.78 is 6.04. The molecule has 0 bridgehead atoms. The first-order valence-corrected chi connectivity index (χ1v) is 10.3. The lowest BCUT2D eigenvalue weighted by atomic mass is 9.73. The average Bonchev–Trinajstić information content (AvgIpc) is 2.79. The van der Waals surface area contributed by atoms with Crippen LogP contribution < -0.4 is 15.4 Å². The second-order valence-electron chi connectivity index (χ2n) is 8.13. The normalized spacial score (nSPS) is 19.7.